The Morgan fingerprint density at radius 3 is 2.78 bits per heavy atom. The van der Waals surface area contributed by atoms with Crippen LogP contribution in [0.4, 0.5) is 13.2 Å². The van der Waals surface area contributed by atoms with E-state index in [1.54, 1.807) is 10.9 Å². The van der Waals surface area contributed by atoms with Gasteiger partial charge in [0, 0.05) is 18.8 Å². The van der Waals surface area contributed by atoms with Crippen molar-refractivity contribution < 1.29 is 17.9 Å². The third-order valence-electron chi connectivity index (χ3n) is 2.23. The second kappa shape index (κ2) is 6.75. The predicted octanol–water partition coefficient (Wildman–Crippen LogP) is 1.75. The topological polar surface area (TPSA) is 39.1 Å². The molecule has 4 nitrogen and oxygen atoms in total. The van der Waals surface area contributed by atoms with Crippen LogP contribution in [-0.2, 0) is 11.3 Å². The summed E-state index contributed by atoms with van der Waals surface area (Å²) >= 11 is 0. The van der Waals surface area contributed by atoms with Gasteiger partial charge in [0.05, 0.1) is 19.3 Å². The molecule has 0 bridgehead atoms. The molecule has 104 valence electrons. The van der Waals surface area contributed by atoms with Gasteiger partial charge in [0.15, 0.2) is 0 Å². The van der Waals surface area contributed by atoms with E-state index in [9.17, 15) is 13.2 Å². The van der Waals surface area contributed by atoms with E-state index >= 15 is 0 Å². The zero-order valence-electron chi connectivity index (χ0n) is 10.5. The second-order valence-corrected chi connectivity index (χ2v) is 4.26. The molecule has 1 atom stereocenters. The molecule has 1 heterocycles. The largest absolute Gasteiger partial charge is 0.411 e. The van der Waals surface area contributed by atoms with Crippen LogP contribution in [0.3, 0.4) is 0 Å². The highest BCUT2D eigenvalue weighted by Gasteiger charge is 2.27. The van der Waals surface area contributed by atoms with Crippen molar-refractivity contribution in [3.05, 3.63) is 18.0 Å². The SMILES string of the molecule is Cc1cnn(C[C@@H](C)NCCOCC(F)(F)F)c1. The number of hydrogen-bond acceptors (Lipinski definition) is 3. The van der Waals surface area contributed by atoms with Crippen LogP contribution < -0.4 is 5.32 Å². The average Bonchev–Trinajstić information content (AvgIpc) is 2.61. The molecule has 0 radical (unpaired) electrons. The van der Waals surface area contributed by atoms with Crippen LogP contribution in [0, 0.1) is 6.92 Å². The number of nitrogens with zero attached hydrogens (tertiary/aromatic N) is 2. The molecule has 7 heteroatoms. The fourth-order valence-electron chi connectivity index (χ4n) is 1.48. The molecule has 1 rings (SSSR count). The van der Waals surface area contributed by atoms with E-state index in [0.29, 0.717) is 13.1 Å². The van der Waals surface area contributed by atoms with Gasteiger partial charge in [-0.05, 0) is 19.4 Å². The molecule has 0 spiro atoms. The highest BCUT2D eigenvalue weighted by Crippen LogP contribution is 2.13. The lowest BCUT2D eigenvalue weighted by Crippen LogP contribution is -2.33. The molecule has 0 amide bonds. The van der Waals surface area contributed by atoms with Crippen LogP contribution >= 0.6 is 0 Å². The van der Waals surface area contributed by atoms with E-state index in [-0.39, 0.29) is 12.6 Å². The van der Waals surface area contributed by atoms with Crippen molar-refractivity contribution in [1.82, 2.24) is 15.1 Å². The van der Waals surface area contributed by atoms with Crippen LogP contribution in [0.2, 0.25) is 0 Å². The van der Waals surface area contributed by atoms with E-state index in [4.69, 9.17) is 0 Å². The number of rotatable bonds is 7. The number of nitrogens with one attached hydrogen (secondary N) is 1. The molecule has 0 aliphatic heterocycles. The fourth-order valence-corrected chi connectivity index (χ4v) is 1.48. The number of aromatic nitrogens is 2. The van der Waals surface area contributed by atoms with Gasteiger partial charge in [0.2, 0.25) is 0 Å². The minimum atomic E-state index is -4.25. The summed E-state index contributed by atoms with van der Waals surface area (Å²) in [5, 5.41) is 7.20. The van der Waals surface area contributed by atoms with Crippen LogP contribution in [0.25, 0.3) is 0 Å². The average molecular weight is 265 g/mol. The van der Waals surface area contributed by atoms with Gasteiger partial charge in [-0.2, -0.15) is 18.3 Å². The van der Waals surface area contributed by atoms with E-state index in [0.717, 1.165) is 5.56 Å². The fraction of sp³-hybridized carbons (Fsp3) is 0.727. The van der Waals surface area contributed by atoms with Crippen LogP contribution in [0.5, 0.6) is 0 Å². The summed E-state index contributed by atoms with van der Waals surface area (Å²) in [7, 11) is 0. The summed E-state index contributed by atoms with van der Waals surface area (Å²) in [4.78, 5) is 0. The van der Waals surface area contributed by atoms with Gasteiger partial charge in [-0.15, -0.1) is 0 Å². The first-order valence-corrected chi connectivity index (χ1v) is 5.74. The van der Waals surface area contributed by atoms with Crippen LogP contribution in [0.15, 0.2) is 12.4 Å². The highest BCUT2D eigenvalue weighted by atomic mass is 19.4. The summed E-state index contributed by atoms with van der Waals surface area (Å²) in [6.07, 6.45) is -0.574. The van der Waals surface area contributed by atoms with Crippen molar-refractivity contribution in [2.75, 3.05) is 19.8 Å². The number of halogens is 3. The molecule has 0 aromatic carbocycles. The third kappa shape index (κ3) is 6.61. The smallest absolute Gasteiger partial charge is 0.371 e. The number of aryl methyl sites for hydroxylation is 1. The van der Waals surface area contributed by atoms with Gasteiger partial charge in [-0.25, -0.2) is 0 Å². The van der Waals surface area contributed by atoms with E-state index in [2.05, 4.69) is 15.2 Å². The van der Waals surface area contributed by atoms with Gasteiger partial charge < -0.3 is 10.1 Å². The van der Waals surface area contributed by atoms with E-state index < -0.39 is 12.8 Å². The molecule has 1 N–H and O–H groups in total. The Balaban J connectivity index is 2.09. The van der Waals surface area contributed by atoms with E-state index in [1.807, 2.05) is 20.0 Å². The Labute approximate surface area is 104 Å². The maximum absolute atomic E-state index is 11.8. The molecule has 0 aliphatic rings. The predicted molar refractivity (Wildman–Crippen MR) is 61.3 cm³/mol. The highest BCUT2D eigenvalue weighted by molar-refractivity contribution is 4.99. The van der Waals surface area contributed by atoms with Crippen molar-refractivity contribution in [2.45, 2.75) is 32.6 Å². The van der Waals surface area contributed by atoms with Crippen molar-refractivity contribution in [2.24, 2.45) is 0 Å². The maximum Gasteiger partial charge on any atom is 0.411 e. The Bertz CT molecular complexity index is 352. The van der Waals surface area contributed by atoms with Crippen molar-refractivity contribution in [3.63, 3.8) is 0 Å². The van der Waals surface area contributed by atoms with Gasteiger partial charge in [0.25, 0.3) is 0 Å². The normalized spacial score (nSPS) is 13.8. The van der Waals surface area contributed by atoms with Gasteiger partial charge in [-0.3, -0.25) is 4.68 Å². The molecule has 0 saturated heterocycles. The molecular formula is C11H18F3N3O. The molecule has 18 heavy (non-hydrogen) atoms. The monoisotopic (exact) mass is 265 g/mol. The second-order valence-electron chi connectivity index (χ2n) is 4.26. The molecule has 1 aromatic heterocycles. The summed E-state index contributed by atoms with van der Waals surface area (Å²) < 4.78 is 41.6. The summed E-state index contributed by atoms with van der Waals surface area (Å²) in [6.45, 7) is 3.81. The minimum Gasteiger partial charge on any atom is -0.371 e. The van der Waals surface area contributed by atoms with Crippen molar-refractivity contribution >= 4 is 0 Å². The van der Waals surface area contributed by atoms with Crippen molar-refractivity contribution in [1.29, 1.82) is 0 Å². The van der Waals surface area contributed by atoms with Crippen LogP contribution in [0.1, 0.15) is 12.5 Å². The lowest BCUT2D eigenvalue weighted by Gasteiger charge is -2.14. The third-order valence-corrected chi connectivity index (χ3v) is 2.23. The first-order chi connectivity index (χ1) is 8.37. The van der Waals surface area contributed by atoms with Gasteiger partial charge in [0.1, 0.15) is 6.61 Å². The molecular weight excluding hydrogens is 247 g/mol. The molecule has 0 unspecified atom stereocenters. The Kier molecular flexibility index (Phi) is 5.61. The van der Waals surface area contributed by atoms with E-state index in [1.165, 1.54) is 0 Å². The standard InChI is InChI=1S/C11H18F3N3O/c1-9-5-16-17(6-9)7-10(2)15-3-4-18-8-11(12,13)14/h5-6,10,15H,3-4,7-8H2,1-2H3/t10-/m1/s1. The summed E-state index contributed by atoms with van der Waals surface area (Å²) in [6, 6.07) is 0.124. The Hall–Kier alpha value is -1.08. The summed E-state index contributed by atoms with van der Waals surface area (Å²) in [5.74, 6) is 0. The molecule has 1 aromatic rings. The molecule has 0 saturated carbocycles. The Morgan fingerprint density at radius 2 is 2.22 bits per heavy atom. The van der Waals surface area contributed by atoms with Crippen molar-refractivity contribution in [3.8, 4) is 0 Å². The zero-order chi connectivity index (χ0) is 13.6. The summed E-state index contributed by atoms with van der Waals surface area (Å²) in [5.41, 5.74) is 1.08. The number of alkyl halides is 3. The maximum atomic E-state index is 11.8. The quantitative estimate of drug-likeness (QED) is 0.763. The first-order valence-electron chi connectivity index (χ1n) is 5.74. The van der Waals surface area contributed by atoms with Gasteiger partial charge >= 0.3 is 6.18 Å². The molecule has 0 aliphatic carbocycles. The number of ether oxygens (including phenoxy) is 1. The van der Waals surface area contributed by atoms with Crippen LogP contribution in [-0.4, -0.2) is 41.8 Å². The number of hydrogen-bond donors (Lipinski definition) is 1. The lowest BCUT2D eigenvalue weighted by molar-refractivity contribution is -0.173. The lowest BCUT2D eigenvalue weighted by atomic mass is 10.3. The molecule has 0 fully saturated rings. The Morgan fingerprint density at radius 1 is 1.50 bits per heavy atom. The minimum absolute atomic E-state index is 0.0436. The van der Waals surface area contributed by atoms with Gasteiger partial charge in [-0.1, -0.05) is 0 Å². The first kappa shape index (κ1) is 15.0. The zero-order valence-corrected chi connectivity index (χ0v) is 10.5.